The van der Waals surface area contributed by atoms with E-state index in [1.165, 1.54) is 0 Å². The average molecular weight is 280 g/mol. The number of nitrogens with one attached hydrogen (secondary N) is 1. The fourth-order valence-electron chi connectivity index (χ4n) is 2.21. The van der Waals surface area contributed by atoms with Crippen LogP contribution in [0, 0.1) is 0 Å². The first-order valence-corrected chi connectivity index (χ1v) is 6.74. The predicted octanol–water partition coefficient (Wildman–Crippen LogP) is 1.72. The molecule has 3 aromatic rings. The number of amides is 1. The maximum atomic E-state index is 12.2. The van der Waals surface area contributed by atoms with Crippen molar-refractivity contribution in [3.8, 4) is 0 Å². The van der Waals surface area contributed by atoms with Gasteiger partial charge < -0.3 is 15.5 Å². The standard InChI is InChI=1S/C16H16N4O/c17-8-12-2-1-3-13(6-12)9-19-16(21)14-4-5-20-11-18-10-15(20)7-14/h1-7,10-11H,8-9,17H2,(H,19,21). The molecule has 0 spiro atoms. The SMILES string of the molecule is NCc1cccc(CNC(=O)c2ccn3cncc3c2)c1. The zero-order valence-electron chi connectivity index (χ0n) is 11.5. The molecule has 0 saturated carbocycles. The number of imidazole rings is 1. The number of pyridine rings is 1. The minimum absolute atomic E-state index is 0.100. The number of benzene rings is 1. The van der Waals surface area contributed by atoms with Crippen molar-refractivity contribution in [2.75, 3.05) is 0 Å². The van der Waals surface area contributed by atoms with Gasteiger partial charge in [0, 0.05) is 24.8 Å². The minimum atomic E-state index is -0.100. The van der Waals surface area contributed by atoms with Crippen molar-refractivity contribution in [1.29, 1.82) is 0 Å². The predicted molar refractivity (Wildman–Crippen MR) is 80.7 cm³/mol. The molecule has 1 aromatic carbocycles. The summed E-state index contributed by atoms with van der Waals surface area (Å²) >= 11 is 0. The van der Waals surface area contributed by atoms with Gasteiger partial charge in [0.05, 0.1) is 18.0 Å². The number of nitrogens with two attached hydrogens (primary N) is 1. The lowest BCUT2D eigenvalue weighted by Gasteiger charge is -2.07. The fourth-order valence-corrected chi connectivity index (χ4v) is 2.21. The number of nitrogens with zero attached hydrogens (tertiary/aromatic N) is 2. The largest absolute Gasteiger partial charge is 0.348 e. The molecular formula is C16H16N4O. The Kier molecular flexibility index (Phi) is 3.66. The number of fused-ring (bicyclic) bond motifs is 1. The molecule has 106 valence electrons. The van der Waals surface area contributed by atoms with Gasteiger partial charge in [-0.1, -0.05) is 24.3 Å². The Bertz CT molecular complexity index is 779. The Labute approximate surface area is 122 Å². The average Bonchev–Trinajstić information content (AvgIpc) is 3.00. The molecule has 0 bridgehead atoms. The lowest BCUT2D eigenvalue weighted by molar-refractivity contribution is 0.0951. The van der Waals surface area contributed by atoms with Crippen LogP contribution in [0.4, 0.5) is 0 Å². The molecule has 0 aliphatic heterocycles. The molecule has 5 nitrogen and oxygen atoms in total. The van der Waals surface area contributed by atoms with Gasteiger partial charge in [0.2, 0.25) is 0 Å². The molecule has 0 atom stereocenters. The van der Waals surface area contributed by atoms with Gasteiger partial charge in [0.15, 0.2) is 0 Å². The van der Waals surface area contributed by atoms with Crippen LogP contribution in [0.2, 0.25) is 0 Å². The first-order chi connectivity index (χ1) is 10.3. The van der Waals surface area contributed by atoms with Crippen molar-refractivity contribution in [1.82, 2.24) is 14.7 Å². The third-order valence-electron chi connectivity index (χ3n) is 3.36. The quantitative estimate of drug-likeness (QED) is 0.764. The second-order valence-corrected chi connectivity index (χ2v) is 4.85. The van der Waals surface area contributed by atoms with E-state index in [1.807, 2.05) is 40.9 Å². The number of hydrogen-bond acceptors (Lipinski definition) is 3. The normalized spacial score (nSPS) is 10.7. The van der Waals surface area contributed by atoms with E-state index < -0.39 is 0 Å². The van der Waals surface area contributed by atoms with Gasteiger partial charge in [-0.05, 0) is 23.3 Å². The van der Waals surface area contributed by atoms with Crippen molar-refractivity contribution < 1.29 is 4.79 Å². The van der Waals surface area contributed by atoms with Crippen LogP contribution in [-0.4, -0.2) is 15.3 Å². The van der Waals surface area contributed by atoms with Gasteiger partial charge in [0.25, 0.3) is 5.91 Å². The van der Waals surface area contributed by atoms with Gasteiger partial charge in [-0.15, -0.1) is 0 Å². The number of carbonyl (C=O) groups excluding carboxylic acids is 1. The molecule has 3 N–H and O–H groups in total. The van der Waals surface area contributed by atoms with Crippen LogP contribution < -0.4 is 11.1 Å². The Morgan fingerprint density at radius 1 is 1.24 bits per heavy atom. The maximum Gasteiger partial charge on any atom is 0.251 e. The van der Waals surface area contributed by atoms with Crippen molar-refractivity contribution in [2.24, 2.45) is 5.73 Å². The van der Waals surface area contributed by atoms with E-state index in [4.69, 9.17) is 5.73 Å². The minimum Gasteiger partial charge on any atom is -0.348 e. The van der Waals surface area contributed by atoms with Crippen molar-refractivity contribution in [3.63, 3.8) is 0 Å². The summed E-state index contributed by atoms with van der Waals surface area (Å²) in [7, 11) is 0. The van der Waals surface area contributed by atoms with Crippen LogP contribution >= 0.6 is 0 Å². The first kappa shape index (κ1) is 13.3. The second kappa shape index (κ2) is 5.76. The molecule has 0 aliphatic carbocycles. The van der Waals surface area contributed by atoms with E-state index in [0.717, 1.165) is 16.6 Å². The molecule has 0 unspecified atom stereocenters. The topological polar surface area (TPSA) is 72.4 Å². The van der Waals surface area contributed by atoms with E-state index in [2.05, 4.69) is 10.3 Å². The highest BCUT2D eigenvalue weighted by atomic mass is 16.1. The van der Waals surface area contributed by atoms with Gasteiger partial charge in [-0.3, -0.25) is 4.79 Å². The maximum absolute atomic E-state index is 12.2. The molecule has 0 aliphatic rings. The summed E-state index contributed by atoms with van der Waals surface area (Å²) in [6.07, 6.45) is 5.25. The number of hydrogen-bond donors (Lipinski definition) is 2. The summed E-state index contributed by atoms with van der Waals surface area (Å²) in [5, 5.41) is 2.91. The third kappa shape index (κ3) is 2.93. The summed E-state index contributed by atoms with van der Waals surface area (Å²) in [5.74, 6) is -0.100. The molecule has 0 radical (unpaired) electrons. The molecule has 0 saturated heterocycles. The van der Waals surface area contributed by atoms with Gasteiger partial charge >= 0.3 is 0 Å². The van der Waals surface area contributed by atoms with Gasteiger partial charge in [-0.2, -0.15) is 0 Å². The third-order valence-corrected chi connectivity index (χ3v) is 3.36. The zero-order chi connectivity index (χ0) is 14.7. The molecule has 21 heavy (non-hydrogen) atoms. The molecule has 2 aromatic heterocycles. The Hall–Kier alpha value is -2.66. The van der Waals surface area contributed by atoms with Crippen LogP contribution in [0.15, 0.2) is 55.1 Å². The second-order valence-electron chi connectivity index (χ2n) is 4.85. The molecule has 2 heterocycles. The van der Waals surface area contributed by atoms with Crippen LogP contribution in [-0.2, 0) is 13.1 Å². The summed E-state index contributed by atoms with van der Waals surface area (Å²) in [4.78, 5) is 16.2. The molecule has 5 heteroatoms. The van der Waals surface area contributed by atoms with Crippen LogP contribution in [0.3, 0.4) is 0 Å². The summed E-state index contributed by atoms with van der Waals surface area (Å²) < 4.78 is 1.86. The van der Waals surface area contributed by atoms with E-state index in [0.29, 0.717) is 18.7 Å². The number of carbonyl (C=O) groups is 1. The highest BCUT2D eigenvalue weighted by Crippen LogP contribution is 2.08. The fraction of sp³-hybridized carbons (Fsp3) is 0.125. The summed E-state index contributed by atoms with van der Waals surface area (Å²) in [5.41, 5.74) is 9.23. The first-order valence-electron chi connectivity index (χ1n) is 6.74. The highest BCUT2D eigenvalue weighted by Gasteiger charge is 2.06. The van der Waals surface area contributed by atoms with Crippen LogP contribution in [0.5, 0.6) is 0 Å². The van der Waals surface area contributed by atoms with Crippen molar-refractivity contribution >= 4 is 11.4 Å². The highest BCUT2D eigenvalue weighted by molar-refractivity contribution is 5.95. The van der Waals surface area contributed by atoms with Crippen molar-refractivity contribution in [3.05, 3.63) is 71.8 Å². The molecule has 0 fully saturated rings. The number of rotatable bonds is 4. The van der Waals surface area contributed by atoms with Crippen molar-refractivity contribution in [2.45, 2.75) is 13.1 Å². The lowest BCUT2D eigenvalue weighted by atomic mass is 10.1. The molecule has 3 rings (SSSR count). The Morgan fingerprint density at radius 2 is 2.10 bits per heavy atom. The smallest absolute Gasteiger partial charge is 0.251 e. The lowest BCUT2D eigenvalue weighted by Crippen LogP contribution is -2.22. The monoisotopic (exact) mass is 280 g/mol. The van der Waals surface area contributed by atoms with E-state index in [9.17, 15) is 4.79 Å². The summed E-state index contributed by atoms with van der Waals surface area (Å²) in [6, 6.07) is 11.5. The Balaban J connectivity index is 1.70. The van der Waals surface area contributed by atoms with Gasteiger partial charge in [0.1, 0.15) is 0 Å². The molecule has 1 amide bonds. The summed E-state index contributed by atoms with van der Waals surface area (Å²) in [6.45, 7) is 0.983. The zero-order valence-corrected chi connectivity index (χ0v) is 11.5. The van der Waals surface area contributed by atoms with Crippen LogP contribution in [0.25, 0.3) is 5.52 Å². The Morgan fingerprint density at radius 3 is 2.95 bits per heavy atom. The van der Waals surface area contributed by atoms with E-state index in [1.54, 1.807) is 18.6 Å². The molecular weight excluding hydrogens is 264 g/mol. The van der Waals surface area contributed by atoms with E-state index >= 15 is 0 Å². The van der Waals surface area contributed by atoms with E-state index in [-0.39, 0.29) is 5.91 Å². The van der Waals surface area contributed by atoms with Crippen LogP contribution in [0.1, 0.15) is 21.5 Å². The number of aromatic nitrogens is 2. The van der Waals surface area contributed by atoms with Gasteiger partial charge in [-0.25, -0.2) is 4.98 Å².